The van der Waals surface area contributed by atoms with E-state index in [4.69, 9.17) is 15.2 Å². The lowest BCUT2D eigenvalue weighted by atomic mass is 10.2. The molecule has 0 aliphatic heterocycles. The average molecular weight is 334 g/mol. The van der Waals surface area contributed by atoms with E-state index in [1.54, 1.807) is 0 Å². The minimum Gasteiger partial charge on any atom is -0.489 e. The first-order valence-electron chi connectivity index (χ1n) is 8.41. The van der Waals surface area contributed by atoms with Crippen molar-refractivity contribution in [2.75, 3.05) is 0 Å². The zero-order valence-corrected chi connectivity index (χ0v) is 14.3. The van der Waals surface area contributed by atoms with E-state index >= 15 is 0 Å². The first-order valence-corrected chi connectivity index (χ1v) is 8.41. The SMILES string of the molecule is CCc1cc(CN)cc(Oc2ccc(OCc3ccccc3)cc2)n1. The Kier molecular flexibility index (Phi) is 5.65. The molecule has 3 rings (SSSR count). The van der Waals surface area contributed by atoms with Crippen LogP contribution in [-0.2, 0) is 19.6 Å². The molecule has 0 saturated heterocycles. The fraction of sp³-hybridized carbons (Fsp3) is 0.190. The second-order valence-corrected chi connectivity index (χ2v) is 5.71. The van der Waals surface area contributed by atoms with E-state index in [0.717, 1.165) is 34.7 Å². The average Bonchev–Trinajstić information content (AvgIpc) is 2.68. The molecule has 1 heterocycles. The Morgan fingerprint density at radius 3 is 2.28 bits per heavy atom. The van der Waals surface area contributed by atoms with Crippen molar-refractivity contribution in [1.82, 2.24) is 4.98 Å². The molecule has 3 aromatic rings. The highest BCUT2D eigenvalue weighted by molar-refractivity contribution is 5.35. The molecule has 128 valence electrons. The van der Waals surface area contributed by atoms with Crippen LogP contribution in [0.15, 0.2) is 66.7 Å². The summed E-state index contributed by atoms with van der Waals surface area (Å²) in [6, 6.07) is 21.5. The number of nitrogens with zero attached hydrogens (tertiary/aromatic N) is 1. The Morgan fingerprint density at radius 1 is 0.880 bits per heavy atom. The van der Waals surface area contributed by atoms with Gasteiger partial charge in [0.25, 0.3) is 0 Å². The number of ether oxygens (including phenoxy) is 2. The van der Waals surface area contributed by atoms with Crippen LogP contribution in [0.2, 0.25) is 0 Å². The van der Waals surface area contributed by atoms with Crippen LogP contribution >= 0.6 is 0 Å². The van der Waals surface area contributed by atoms with E-state index < -0.39 is 0 Å². The zero-order valence-electron chi connectivity index (χ0n) is 14.3. The third-order valence-corrected chi connectivity index (χ3v) is 3.81. The Bertz CT molecular complexity index is 780. The Morgan fingerprint density at radius 2 is 1.60 bits per heavy atom. The van der Waals surface area contributed by atoms with Crippen molar-refractivity contribution in [3.8, 4) is 17.4 Å². The molecular weight excluding hydrogens is 312 g/mol. The van der Waals surface area contributed by atoms with Crippen molar-refractivity contribution < 1.29 is 9.47 Å². The summed E-state index contributed by atoms with van der Waals surface area (Å²) in [5.41, 5.74) is 8.86. The van der Waals surface area contributed by atoms with Crippen LogP contribution in [0.25, 0.3) is 0 Å². The molecule has 0 radical (unpaired) electrons. The van der Waals surface area contributed by atoms with E-state index in [1.807, 2.05) is 66.7 Å². The summed E-state index contributed by atoms with van der Waals surface area (Å²) in [6.07, 6.45) is 0.844. The van der Waals surface area contributed by atoms with Crippen molar-refractivity contribution >= 4 is 0 Å². The van der Waals surface area contributed by atoms with Crippen LogP contribution < -0.4 is 15.2 Å². The van der Waals surface area contributed by atoms with Gasteiger partial charge < -0.3 is 15.2 Å². The predicted octanol–water partition coefficient (Wildman–Crippen LogP) is 4.47. The molecule has 0 aliphatic rings. The molecule has 0 unspecified atom stereocenters. The number of nitrogens with two attached hydrogens (primary N) is 1. The van der Waals surface area contributed by atoms with Gasteiger partial charge >= 0.3 is 0 Å². The monoisotopic (exact) mass is 334 g/mol. The van der Waals surface area contributed by atoms with Crippen molar-refractivity contribution in [3.63, 3.8) is 0 Å². The van der Waals surface area contributed by atoms with Crippen LogP contribution in [0.1, 0.15) is 23.7 Å². The van der Waals surface area contributed by atoms with Gasteiger partial charge in [0.2, 0.25) is 5.88 Å². The summed E-state index contributed by atoms with van der Waals surface area (Å²) in [7, 11) is 0. The Labute approximate surface area is 148 Å². The van der Waals surface area contributed by atoms with E-state index in [1.165, 1.54) is 0 Å². The number of aryl methyl sites for hydroxylation is 1. The molecule has 0 bridgehead atoms. The van der Waals surface area contributed by atoms with E-state index in [9.17, 15) is 0 Å². The summed E-state index contributed by atoms with van der Waals surface area (Å²) in [4.78, 5) is 4.48. The predicted molar refractivity (Wildman–Crippen MR) is 98.8 cm³/mol. The lowest BCUT2D eigenvalue weighted by Crippen LogP contribution is -2.01. The van der Waals surface area contributed by atoms with E-state index in [2.05, 4.69) is 11.9 Å². The number of rotatable bonds is 7. The molecule has 2 N–H and O–H groups in total. The van der Waals surface area contributed by atoms with Gasteiger partial charge in [0.05, 0.1) is 0 Å². The molecule has 0 fully saturated rings. The largest absolute Gasteiger partial charge is 0.489 e. The van der Waals surface area contributed by atoms with Gasteiger partial charge in [0, 0.05) is 18.3 Å². The summed E-state index contributed by atoms with van der Waals surface area (Å²) in [5.74, 6) is 2.09. The van der Waals surface area contributed by atoms with Crippen molar-refractivity contribution in [2.24, 2.45) is 5.73 Å². The molecule has 0 spiro atoms. The molecule has 4 heteroatoms. The van der Waals surface area contributed by atoms with Crippen LogP contribution in [0, 0.1) is 0 Å². The molecule has 25 heavy (non-hydrogen) atoms. The molecule has 0 amide bonds. The summed E-state index contributed by atoms with van der Waals surface area (Å²) < 4.78 is 11.6. The van der Waals surface area contributed by atoms with Crippen LogP contribution in [0.3, 0.4) is 0 Å². The number of aromatic nitrogens is 1. The lowest BCUT2D eigenvalue weighted by molar-refractivity contribution is 0.305. The third-order valence-electron chi connectivity index (χ3n) is 3.81. The van der Waals surface area contributed by atoms with Crippen molar-refractivity contribution in [1.29, 1.82) is 0 Å². The van der Waals surface area contributed by atoms with E-state index in [0.29, 0.717) is 19.0 Å². The van der Waals surface area contributed by atoms with Gasteiger partial charge in [-0.25, -0.2) is 4.98 Å². The molecule has 0 atom stereocenters. The van der Waals surface area contributed by atoms with Crippen molar-refractivity contribution in [3.05, 3.63) is 83.6 Å². The minimum atomic E-state index is 0.470. The lowest BCUT2D eigenvalue weighted by Gasteiger charge is -2.10. The normalized spacial score (nSPS) is 10.5. The smallest absolute Gasteiger partial charge is 0.219 e. The highest BCUT2D eigenvalue weighted by Gasteiger charge is 2.04. The molecule has 0 aliphatic carbocycles. The standard InChI is InChI=1S/C21H22N2O2/c1-2-18-12-17(14-22)13-21(23-18)25-20-10-8-19(9-11-20)24-15-16-6-4-3-5-7-16/h3-13H,2,14-15,22H2,1H3. The van der Waals surface area contributed by atoms with Gasteiger partial charge in [-0.2, -0.15) is 0 Å². The molecule has 4 nitrogen and oxygen atoms in total. The fourth-order valence-corrected chi connectivity index (χ4v) is 2.44. The second-order valence-electron chi connectivity index (χ2n) is 5.71. The van der Waals surface area contributed by atoms with Crippen LogP contribution in [-0.4, -0.2) is 4.98 Å². The summed E-state index contributed by atoms with van der Waals surface area (Å²) in [6.45, 7) is 3.07. The highest BCUT2D eigenvalue weighted by atomic mass is 16.5. The van der Waals surface area contributed by atoms with Gasteiger partial charge in [-0.1, -0.05) is 37.3 Å². The van der Waals surface area contributed by atoms with Gasteiger partial charge in [0.15, 0.2) is 0 Å². The fourth-order valence-electron chi connectivity index (χ4n) is 2.44. The first kappa shape index (κ1) is 17.0. The number of hydrogen-bond acceptors (Lipinski definition) is 4. The van der Waals surface area contributed by atoms with Gasteiger partial charge in [-0.05, 0) is 47.9 Å². The summed E-state index contributed by atoms with van der Waals surface area (Å²) >= 11 is 0. The Hall–Kier alpha value is -2.85. The summed E-state index contributed by atoms with van der Waals surface area (Å²) in [5, 5.41) is 0. The zero-order chi connectivity index (χ0) is 17.5. The van der Waals surface area contributed by atoms with Gasteiger partial charge in [-0.3, -0.25) is 0 Å². The third kappa shape index (κ3) is 4.81. The van der Waals surface area contributed by atoms with Crippen LogP contribution in [0.5, 0.6) is 17.4 Å². The van der Waals surface area contributed by atoms with Crippen molar-refractivity contribution in [2.45, 2.75) is 26.5 Å². The number of benzene rings is 2. The topological polar surface area (TPSA) is 57.4 Å². The van der Waals surface area contributed by atoms with Gasteiger partial charge in [-0.15, -0.1) is 0 Å². The molecule has 2 aromatic carbocycles. The number of hydrogen-bond donors (Lipinski definition) is 1. The minimum absolute atomic E-state index is 0.470. The highest BCUT2D eigenvalue weighted by Crippen LogP contribution is 2.24. The Balaban J connectivity index is 1.64. The molecular formula is C21H22N2O2. The number of pyridine rings is 1. The van der Waals surface area contributed by atoms with Gasteiger partial charge in [0.1, 0.15) is 18.1 Å². The molecule has 1 aromatic heterocycles. The maximum absolute atomic E-state index is 5.86. The van der Waals surface area contributed by atoms with E-state index in [-0.39, 0.29) is 0 Å². The second kappa shape index (κ2) is 8.31. The maximum Gasteiger partial charge on any atom is 0.219 e. The maximum atomic E-state index is 5.86. The van der Waals surface area contributed by atoms with Crippen LogP contribution in [0.4, 0.5) is 0 Å². The quantitative estimate of drug-likeness (QED) is 0.692. The molecule has 0 saturated carbocycles. The first-order chi connectivity index (χ1) is 12.3.